The Bertz CT molecular complexity index is 451. The van der Waals surface area contributed by atoms with Gasteiger partial charge >= 0.3 is 0 Å². The lowest BCUT2D eigenvalue weighted by Crippen LogP contribution is -2.41. The number of anilines is 2. The quantitative estimate of drug-likeness (QED) is 0.867. The first-order valence-corrected chi connectivity index (χ1v) is 7.21. The summed E-state index contributed by atoms with van der Waals surface area (Å²) in [6, 6.07) is 4.14. The van der Waals surface area contributed by atoms with E-state index in [0.717, 1.165) is 25.3 Å². The first-order valence-electron chi connectivity index (χ1n) is 7.21. The van der Waals surface area contributed by atoms with E-state index in [1.165, 1.54) is 0 Å². The predicted molar refractivity (Wildman–Crippen MR) is 81.1 cm³/mol. The Morgan fingerprint density at radius 3 is 2.65 bits per heavy atom. The number of nitrogen functional groups attached to an aromatic ring is 1. The summed E-state index contributed by atoms with van der Waals surface area (Å²) >= 11 is 0. The Hall–Kier alpha value is -1.49. The minimum absolute atomic E-state index is 0.309. The molecular weight excluding hydrogens is 254 g/mol. The Labute approximate surface area is 120 Å². The molecule has 2 rings (SSSR count). The van der Waals surface area contributed by atoms with Gasteiger partial charge in [-0.05, 0) is 52.7 Å². The van der Waals surface area contributed by atoms with Crippen LogP contribution in [0.4, 0.5) is 11.5 Å². The third-order valence-corrected chi connectivity index (χ3v) is 3.14. The number of nitrogens with two attached hydrogens (primary N) is 1. The molecule has 0 radical (unpaired) electrons. The van der Waals surface area contributed by atoms with Crippen molar-refractivity contribution in [3.05, 3.63) is 12.1 Å². The molecule has 3 N–H and O–H groups in total. The van der Waals surface area contributed by atoms with E-state index in [2.05, 4.69) is 10.3 Å². The molecule has 5 heteroatoms. The number of aromatic nitrogens is 1. The normalized spacial score (nSPS) is 22.2. The lowest BCUT2D eigenvalue weighted by Gasteiger charge is -2.35. The van der Waals surface area contributed by atoms with E-state index in [1.54, 1.807) is 0 Å². The van der Waals surface area contributed by atoms with Gasteiger partial charge in [0.05, 0.1) is 11.8 Å². The summed E-state index contributed by atoms with van der Waals surface area (Å²) in [6.45, 7) is 8.74. The van der Waals surface area contributed by atoms with Crippen LogP contribution in [0.3, 0.4) is 0 Å². The van der Waals surface area contributed by atoms with Gasteiger partial charge in [0, 0.05) is 12.6 Å². The number of nitrogens with zero attached hydrogens (tertiary/aromatic N) is 1. The summed E-state index contributed by atoms with van der Waals surface area (Å²) in [5.41, 5.74) is 6.15. The fourth-order valence-electron chi connectivity index (χ4n) is 2.17. The summed E-state index contributed by atoms with van der Waals surface area (Å²) in [5, 5.41) is 3.39. The molecule has 1 heterocycles. The molecule has 0 amide bonds. The zero-order valence-corrected chi connectivity index (χ0v) is 12.8. The Morgan fingerprint density at radius 1 is 1.35 bits per heavy atom. The van der Waals surface area contributed by atoms with Gasteiger partial charge in [-0.3, -0.25) is 0 Å². The van der Waals surface area contributed by atoms with Crippen molar-refractivity contribution in [2.45, 2.75) is 58.3 Å². The van der Waals surface area contributed by atoms with Crippen molar-refractivity contribution in [2.24, 2.45) is 0 Å². The third-order valence-electron chi connectivity index (χ3n) is 3.14. The maximum Gasteiger partial charge on any atom is 0.239 e. The molecule has 1 aliphatic rings. The summed E-state index contributed by atoms with van der Waals surface area (Å²) < 4.78 is 11.3. The van der Waals surface area contributed by atoms with Crippen LogP contribution in [0, 0.1) is 0 Å². The molecule has 0 saturated heterocycles. The van der Waals surface area contributed by atoms with Crippen LogP contribution in [-0.4, -0.2) is 29.3 Å². The molecule has 0 spiro atoms. The third kappa shape index (κ3) is 4.00. The number of ether oxygens (including phenoxy) is 2. The maximum atomic E-state index is 5.90. The maximum absolute atomic E-state index is 5.90. The van der Waals surface area contributed by atoms with Crippen LogP contribution in [0.25, 0.3) is 0 Å². The number of rotatable bonds is 5. The second-order valence-electron chi connectivity index (χ2n) is 6.20. The second kappa shape index (κ2) is 5.87. The number of pyridine rings is 1. The van der Waals surface area contributed by atoms with E-state index < -0.39 is 0 Å². The molecular formula is C15H25N3O2. The van der Waals surface area contributed by atoms with Crippen molar-refractivity contribution in [3.63, 3.8) is 0 Å². The van der Waals surface area contributed by atoms with Gasteiger partial charge in [0.1, 0.15) is 11.4 Å². The highest BCUT2D eigenvalue weighted by molar-refractivity contribution is 5.54. The van der Waals surface area contributed by atoms with E-state index in [9.17, 15) is 0 Å². The molecule has 0 aromatic carbocycles. The first kappa shape index (κ1) is 14.9. The highest BCUT2D eigenvalue weighted by atomic mass is 16.5. The van der Waals surface area contributed by atoms with Gasteiger partial charge < -0.3 is 20.5 Å². The summed E-state index contributed by atoms with van der Waals surface area (Å²) in [6.07, 6.45) is 2.43. The fourth-order valence-corrected chi connectivity index (χ4v) is 2.17. The Balaban J connectivity index is 1.95. The molecule has 20 heavy (non-hydrogen) atoms. The average Bonchev–Trinajstić information content (AvgIpc) is 2.29. The van der Waals surface area contributed by atoms with Crippen LogP contribution < -0.4 is 15.8 Å². The van der Waals surface area contributed by atoms with Crippen LogP contribution in [-0.2, 0) is 4.74 Å². The molecule has 0 atom stereocenters. The second-order valence-corrected chi connectivity index (χ2v) is 6.20. The SMILES string of the molecule is CCOC1CC(Nc2ccc(N)c(OC(C)(C)C)n2)C1. The highest BCUT2D eigenvalue weighted by Crippen LogP contribution is 2.29. The molecule has 1 aromatic heterocycles. The smallest absolute Gasteiger partial charge is 0.239 e. The van der Waals surface area contributed by atoms with Crippen molar-refractivity contribution in [1.82, 2.24) is 4.98 Å². The monoisotopic (exact) mass is 279 g/mol. The van der Waals surface area contributed by atoms with Crippen LogP contribution in [0.5, 0.6) is 5.88 Å². The molecule has 1 saturated carbocycles. The molecule has 1 aromatic rings. The number of hydrogen-bond donors (Lipinski definition) is 2. The van der Waals surface area contributed by atoms with Crippen molar-refractivity contribution >= 4 is 11.5 Å². The summed E-state index contributed by atoms with van der Waals surface area (Å²) in [4.78, 5) is 4.45. The Morgan fingerprint density at radius 2 is 2.05 bits per heavy atom. The van der Waals surface area contributed by atoms with Crippen molar-refractivity contribution in [2.75, 3.05) is 17.7 Å². The topological polar surface area (TPSA) is 69.4 Å². The van der Waals surface area contributed by atoms with E-state index in [-0.39, 0.29) is 5.60 Å². The first-order chi connectivity index (χ1) is 9.37. The minimum atomic E-state index is -0.309. The largest absolute Gasteiger partial charge is 0.470 e. The van der Waals surface area contributed by atoms with Crippen LogP contribution in [0.1, 0.15) is 40.5 Å². The summed E-state index contributed by atoms with van der Waals surface area (Å²) in [5.74, 6) is 1.29. The van der Waals surface area contributed by atoms with Crippen LogP contribution >= 0.6 is 0 Å². The van der Waals surface area contributed by atoms with Crippen LogP contribution in [0.2, 0.25) is 0 Å². The molecule has 0 unspecified atom stereocenters. The molecule has 1 aliphatic carbocycles. The molecule has 112 valence electrons. The highest BCUT2D eigenvalue weighted by Gasteiger charge is 2.29. The molecule has 5 nitrogen and oxygen atoms in total. The number of hydrogen-bond acceptors (Lipinski definition) is 5. The van der Waals surface area contributed by atoms with Gasteiger partial charge in [-0.2, -0.15) is 4.98 Å². The van der Waals surface area contributed by atoms with Crippen LogP contribution in [0.15, 0.2) is 12.1 Å². The van der Waals surface area contributed by atoms with E-state index in [1.807, 2.05) is 39.8 Å². The van der Waals surface area contributed by atoms with Gasteiger partial charge in [-0.1, -0.05) is 0 Å². The van der Waals surface area contributed by atoms with E-state index in [4.69, 9.17) is 15.2 Å². The lowest BCUT2D eigenvalue weighted by atomic mass is 9.89. The van der Waals surface area contributed by atoms with E-state index in [0.29, 0.717) is 23.7 Å². The Kier molecular flexibility index (Phi) is 4.38. The van der Waals surface area contributed by atoms with Gasteiger partial charge in [0.25, 0.3) is 0 Å². The molecule has 0 aliphatic heterocycles. The number of nitrogens with one attached hydrogen (secondary N) is 1. The van der Waals surface area contributed by atoms with Crippen molar-refractivity contribution < 1.29 is 9.47 Å². The van der Waals surface area contributed by atoms with Crippen molar-refractivity contribution in [1.29, 1.82) is 0 Å². The summed E-state index contributed by atoms with van der Waals surface area (Å²) in [7, 11) is 0. The zero-order chi connectivity index (χ0) is 14.8. The van der Waals surface area contributed by atoms with Gasteiger partial charge in [0.15, 0.2) is 0 Å². The van der Waals surface area contributed by atoms with E-state index >= 15 is 0 Å². The van der Waals surface area contributed by atoms with Crippen molar-refractivity contribution in [3.8, 4) is 5.88 Å². The predicted octanol–water partition coefficient (Wildman–Crippen LogP) is 2.82. The zero-order valence-electron chi connectivity index (χ0n) is 12.8. The van der Waals surface area contributed by atoms with Gasteiger partial charge in [0.2, 0.25) is 5.88 Å². The molecule has 1 fully saturated rings. The minimum Gasteiger partial charge on any atom is -0.470 e. The standard InChI is InChI=1S/C15H25N3O2/c1-5-19-11-8-10(9-11)17-13-7-6-12(16)14(18-13)20-15(2,3)4/h6-7,10-11H,5,8-9,16H2,1-4H3,(H,17,18). The fraction of sp³-hybridized carbons (Fsp3) is 0.667. The van der Waals surface area contributed by atoms with Gasteiger partial charge in [-0.25, -0.2) is 0 Å². The molecule has 0 bridgehead atoms. The average molecular weight is 279 g/mol. The van der Waals surface area contributed by atoms with Gasteiger partial charge in [-0.15, -0.1) is 0 Å². The lowest BCUT2D eigenvalue weighted by molar-refractivity contribution is 0.00291.